The van der Waals surface area contributed by atoms with Gasteiger partial charge in [0, 0.05) is 39.7 Å². The average Bonchev–Trinajstić information content (AvgIpc) is 2.31. The molecule has 1 aromatic heterocycles. The summed E-state index contributed by atoms with van der Waals surface area (Å²) in [5.41, 5.74) is 0. The summed E-state index contributed by atoms with van der Waals surface area (Å²) in [6, 6.07) is 0. The molecule has 0 aliphatic carbocycles. The summed E-state index contributed by atoms with van der Waals surface area (Å²) in [6.45, 7) is 2.79. The van der Waals surface area contributed by atoms with Crippen molar-refractivity contribution >= 4 is 21.9 Å². The largest absolute Gasteiger partial charge is 0.383 e. The highest BCUT2D eigenvalue weighted by Crippen LogP contribution is 2.10. The highest BCUT2D eigenvalue weighted by molar-refractivity contribution is 9.10. The summed E-state index contributed by atoms with van der Waals surface area (Å²) in [5, 5.41) is 0. The smallest absolute Gasteiger partial charge is 0.225 e. The highest BCUT2D eigenvalue weighted by Gasteiger charge is 2.08. The Morgan fingerprint density at radius 2 is 1.62 bits per heavy atom. The van der Waals surface area contributed by atoms with E-state index < -0.39 is 0 Å². The normalized spacial score (nSPS) is 10.4. The molecular weight excluding hydrogens is 274 g/mol. The summed E-state index contributed by atoms with van der Waals surface area (Å²) in [7, 11) is 3.36. The van der Waals surface area contributed by atoms with E-state index in [-0.39, 0.29) is 0 Å². The van der Waals surface area contributed by atoms with E-state index in [1.54, 1.807) is 26.6 Å². The molecule has 6 heteroatoms. The molecule has 1 aromatic rings. The van der Waals surface area contributed by atoms with Gasteiger partial charge in [-0.2, -0.15) is 0 Å². The SMILES string of the molecule is COCCN(CCOC)c1ncc(Br)cn1. The Balaban J connectivity index is 2.62. The van der Waals surface area contributed by atoms with Gasteiger partial charge in [-0.05, 0) is 15.9 Å². The van der Waals surface area contributed by atoms with Crippen LogP contribution in [-0.2, 0) is 9.47 Å². The van der Waals surface area contributed by atoms with Crippen LogP contribution >= 0.6 is 15.9 Å². The molecule has 0 spiro atoms. The third-order valence-corrected chi connectivity index (χ3v) is 2.43. The number of nitrogens with zero attached hydrogens (tertiary/aromatic N) is 3. The average molecular weight is 290 g/mol. The molecule has 0 aliphatic heterocycles. The minimum Gasteiger partial charge on any atom is -0.383 e. The van der Waals surface area contributed by atoms with E-state index in [0.29, 0.717) is 19.2 Å². The van der Waals surface area contributed by atoms with E-state index in [1.165, 1.54) is 0 Å². The molecule has 0 aromatic carbocycles. The molecule has 16 heavy (non-hydrogen) atoms. The van der Waals surface area contributed by atoms with Gasteiger partial charge in [0.1, 0.15) is 0 Å². The zero-order chi connectivity index (χ0) is 11.8. The summed E-state index contributed by atoms with van der Waals surface area (Å²) >= 11 is 3.31. The maximum atomic E-state index is 5.05. The number of ether oxygens (including phenoxy) is 2. The fourth-order valence-corrected chi connectivity index (χ4v) is 1.39. The quantitative estimate of drug-likeness (QED) is 0.758. The van der Waals surface area contributed by atoms with E-state index in [0.717, 1.165) is 17.6 Å². The van der Waals surface area contributed by atoms with Crippen molar-refractivity contribution < 1.29 is 9.47 Å². The number of hydrogen-bond acceptors (Lipinski definition) is 5. The van der Waals surface area contributed by atoms with Crippen molar-refractivity contribution in [3.05, 3.63) is 16.9 Å². The van der Waals surface area contributed by atoms with Gasteiger partial charge in [-0.3, -0.25) is 0 Å². The summed E-state index contributed by atoms with van der Waals surface area (Å²) in [4.78, 5) is 10.5. The molecule has 1 heterocycles. The van der Waals surface area contributed by atoms with Crippen LogP contribution in [0.3, 0.4) is 0 Å². The lowest BCUT2D eigenvalue weighted by Crippen LogP contribution is -2.32. The first-order valence-corrected chi connectivity index (χ1v) is 5.77. The van der Waals surface area contributed by atoms with Gasteiger partial charge in [-0.1, -0.05) is 0 Å². The van der Waals surface area contributed by atoms with E-state index in [1.807, 2.05) is 4.90 Å². The van der Waals surface area contributed by atoms with E-state index in [4.69, 9.17) is 9.47 Å². The van der Waals surface area contributed by atoms with Gasteiger partial charge in [0.15, 0.2) is 0 Å². The molecule has 0 saturated heterocycles. The fourth-order valence-electron chi connectivity index (χ4n) is 1.18. The Morgan fingerprint density at radius 3 is 2.06 bits per heavy atom. The minimum atomic E-state index is 0.642. The number of aromatic nitrogens is 2. The van der Waals surface area contributed by atoms with E-state index >= 15 is 0 Å². The molecular formula is C10H16BrN3O2. The van der Waals surface area contributed by atoms with Gasteiger partial charge in [0.2, 0.25) is 5.95 Å². The van der Waals surface area contributed by atoms with Crippen LogP contribution in [0.25, 0.3) is 0 Å². The maximum Gasteiger partial charge on any atom is 0.225 e. The number of hydrogen-bond donors (Lipinski definition) is 0. The number of methoxy groups -OCH3 is 2. The lowest BCUT2D eigenvalue weighted by atomic mass is 10.5. The standard InChI is InChI=1S/C10H16BrN3O2/c1-15-5-3-14(4-6-16-2)10-12-7-9(11)8-13-10/h7-8H,3-6H2,1-2H3. The molecule has 0 atom stereocenters. The van der Waals surface area contributed by atoms with Crippen LogP contribution in [0.15, 0.2) is 16.9 Å². The fraction of sp³-hybridized carbons (Fsp3) is 0.600. The third-order valence-electron chi connectivity index (χ3n) is 2.02. The predicted octanol–water partition coefficient (Wildman–Crippen LogP) is 1.34. The Labute approximate surface area is 104 Å². The summed E-state index contributed by atoms with van der Waals surface area (Å²) < 4.78 is 11.0. The topological polar surface area (TPSA) is 47.5 Å². The molecule has 0 radical (unpaired) electrons. The van der Waals surface area contributed by atoms with Crippen molar-refractivity contribution in [1.29, 1.82) is 0 Å². The molecule has 0 fully saturated rings. The van der Waals surface area contributed by atoms with Crippen molar-refractivity contribution in [2.24, 2.45) is 0 Å². The van der Waals surface area contributed by atoms with Gasteiger partial charge in [-0.25, -0.2) is 9.97 Å². The third kappa shape index (κ3) is 4.42. The van der Waals surface area contributed by atoms with Crippen molar-refractivity contribution in [2.75, 3.05) is 45.4 Å². The lowest BCUT2D eigenvalue weighted by Gasteiger charge is -2.21. The second-order valence-corrected chi connectivity index (χ2v) is 4.09. The van der Waals surface area contributed by atoms with Gasteiger partial charge in [0.05, 0.1) is 17.7 Å². The van der Waals surface area contributed by atoms with Gasteiger partial charge >= 0.3 is 0 Å². The predicted molar refractivity (Wildman–Crippen MR) is 65.7 cm³/mol. The zero-order valence-electron chi connectivity index (χ0n) is 9.52. The first-order chi connectivity index (χ1) is 7.77. The molecule has 0 N–H and O–H groups in total. The molecule has 90 valence electrons. The molecule has 5 nitrogen and oxygen atoms in total. The Bertz CT molecular complexity index is 287. The molecule has 1 rings (SSSR count). The number of anilines is 1. The van der Waals surface area contributed by atoms with Crippen LogP contribution in [0, 0.1) is 0 Å². The molecule has 0 amide bonds. The van der Waals surface area contributed by atoms with Crippen LogP contribution in [0.2, 0.25) is 0 Å². The van der Waals surface area contributed by atoms with Crippen molar-refractivity contribution in [3.8, 4) is 0 Å². The second-order valence-electron chi connectivity index (χ2n) is 3.17. The molecule has 0 aliphatic rings. The Morgan fingerprint density at radius 1 is 1.12 bits per heavy atom. The van der Waals surface area contributed by atoms with Gasteiger partial charge in [-0.15, -0.1) is 0 Å². The highest BCUT2D eigenvalue weighted by atomic mass is 79.9. The molecule has 0 bridgehead atoms. The van der Waals surface area contributed by atoms with Crippen LogP contribution < -0.4 is 4.90 Å². The number of rotatable bonds is 7. The number of halogens is 1. The Hall–Kier alpha value is -0.720. The second kappa shape index (κ2) is 7.54. The van der Waals surface area contributed by atoms with E-state index in [9.17, 15) is 0 Å². The first kappa shape index (κ1) is 13.3. The zero-order valence-corrected chi connectivity index (χ0v) is 11.1. The Kier molecular flexibility index (Phi) is 6.29. The minimum absolute atomic E-state index is 0.642. The maximum absolute atomic E-state index is 5.05. The molecule has 0 saturated carbocycles. The first-order valence-electron chi connectivity index (χ1n) is 4.98. The van der Waals surface area contributed by atoms with Crippen LogP contribution in [0.4, 0.5) is 5.95 Å². The van der Waals surface area contributed by atoms with Crippen molar-refractivity contribution in [1.82, 2.24) is 9.97 Å². The lowest BCUT2D eigenvalue weighted by molar-refractivity contribution is 0.189. The van der Waals surface area contributed by atoms with Gasteiger partial charge in [0.25, 0.3) is 0 Å². The van der Waals surface area contributed by atoms with Gasteiger partial charge < -0.3 is 14.4 Å². The van der Waals surface area contributed by atoms with Crippen LogP contribution in [0.1, 0.15) is 0 Å². The van der Waals surface area contributed by atoms with Crippen LogP contribution in [-0.4, -0.2) is 50.5 Å². The van der Waals surface area contributed by atoms with Crippen molar-refractivity contribution in [3.63, 3.8) is 0 Å². The van der Waals surface area contributed by atoms with Crippen molar-refractivity contribution in [2.45, 2.75) is 0 Å². The van der Waals surface area contributed by atoms with E-state index in [2.05, 4.69) is 25.9 Å². The summed E-state index contributed by atoms with van der Waals surface area (Å²) in [6.07, 6.45) is 3.46. The monoisotopic (exact) mass is 289 g/mol. The molecule has 0 unspecified atom stereocenters. The van der Waals surface area contributed by atoms with Crippen LogP contribution in [0.5, 0.6) is 0 Å². The summed E-state index contributed by atoms with van der Waals surface area (Å²) in [5.74, 6) is 0.692.